The Bertz CT molecular complexity index is 947. The topological polar surface area (TPSA) is 138 Å². The lowest BCUT2D eigenvalue weighted by atomic mass is 10.0. The van der Waals surface area contributed by atoms with E-state index in [1.54, 1.807) is 18.2 Å². The number of aliphatic carboxylic acids is 1. The summed E-state index contributed by atoms with van der Waals surface area (Å²) in [5, 5.41) is 29.6. The molecule has 0 unspecified atom stereocenters. The number of aromatic hydroxyl groups is 1. The van der Waals surface area contributed by atoms with E-state index in [9.17, 15) is 14.7 Å². The molecule has 3 rings (SSSR count). The van der Waals surface area contributed by atoms with E-state index in [2.05, 4.69) is 21.4 Å². The number of carbonyl (C=O) groups excluding carboxylic acids is 1. The molecule has 138 valence electrons. The van der Waals surface area contributed by atoms with Crippen molar-refractivity contribution in [1.29, 1.82) is 0 Å². The monoisotopic (exact) mass is 366 g/mol. The minimum atomic E-state index is -1.19. The summed E-state index contributed by atoms with van der Waals surface area (Å²) in [6.07, 6.45) is 6.79. The molecule has 1 amide bonds. The normalized spacial score (nSPS) is 14.2. The van der Waals surface area contributed by atoms with E-state index in [-0.39, 0.29) is 17.5 Å². The van der Waals surface area contributed by atoms with Crippen LogP contribution in [0.5, 0.6) is 5.75 Å². The van der Waals surface area contributed by atoms with Crippen LogP contribution in [0.3, 0.4) is 0 Å². The predicted molar refractivity (Wildman–Crippen MR) is 97.9 cm³/mol. The number of phenolic OH excluding ortho intramolecular Hbond substituents is 1. The van der Waals surface area contributed by atoms with E-state index < -0.39 is 24.3 Å². The second kappa shape index (κ2) is 7.43. The van der Waals surface area contributed by atoms with E-state index in [0.29, 0.717) is 16.8 Å². The third-order valence-corrected chi connectivity index (χ3v) is 4.24. The molecule has 0 radical (unpaired) electrons. The molecule has 1 aliphatic rings. The number of hydrogen-bond donors (Lipinski definition) is 4. The second-order valence-corrected chi connectivity index (χ2v) is 6.38. The number of aromatic nitrogens is 2. The molecule has 1 saturated carbocycles. The number of nitrogens with two attached hydrogens (primary N) is 1. The first-order valence-electron chi connectivity index (χ1n) is 8.35. The van der Waals surface area contributed by atoms with Crippen molar-refractivity contribution in [1.82, 2.24) is 10.2 Å². The molecule has 1 aromatic carbocycles. The highest BCUT2D eigenvalue weighted by Crippen LogP contribution is 2.45. The average molecular weight is 366 g/mol. The largest absolute Gasteiger partial charge is 0.507 e. The molecule has 1 fully saturated rings. The van der Waals surface area contributed by atoms with Crippen molar-refractivity contribution >= 4 is 17.7 Å². The molecule has 8 heteroatoms. The van der Waals surface area contributed by atoms with E-state index in [4.69, 9.17) is 17.3 Å². The molecule has 0 bridgehead atoms. The second-order valence-electron chi connectivity index (χ2n) is 6.38. The van der Waals surface area contributed by atoms with Crippen LogP contribution in [0.1, 0.15) is 36.3 Å². The van der Waals surface area contributed by atoms with Gasteiger partial charge in [0, 0.05) is 11.1 Å². The number of nitrogens with one attached hydrogen (secondary N) is 1. The Morgan fingerprint density at radius 3 is 2.67 bits per heavy atom. The Kier molecular flexibility index (Phi) is 5.05. The molecule has 1 aromatic heterocycles. The molecular weight excluding hydrogens is 348 g/mol. The van der Waals surface area contributed by atoms with Crippen LogP contribution in [0.15, 0.2) is 24.3 Å². The minimum absolute atomic E-state index is 0.00177. The van der Waals surface area contributed by atoms with Crippen LogP contribution in [-0.4, -0.2) is 38.3 Å². The standard InChI is InChI=1S/C19H18N4O4/c1-2-10-3-6-12(15(24)7-10)18-13(11-4-5-11)8-16(22-23-18)21-19(27)14(20)9-17(25)26/h1,3,6-8,11,14,24H,4-5,9,20H2,(H,25,26)(H,21,22,27)/t14-/m1/s1. The Balaban J connectivity index is 1.89. The van der Waals surface area contributed by atoms with Crippen LogP contribution in [0.4, 0.5) is 5.82 Å². The van der Waals surface area contributed by atoms with Crippen molar-refractivity contribution in [3.05, 3.63) is 35.4 Å². The lowest BCUT2D eigenvalue weighted by Gasteiger charge is -2.13. The van der Waals surface area contributed by atoms with Gasteiger partial charge in [0.25, 0.3) is 0 Å². The molecule has 0 aliphatic heterocycles. The van der Waals surface area contributed by atoms with Gasteiger partial charge in [-0.15, -0.1) is 16.6 Å². The van der Waals surface area contributed by atoms with Gasteiger partial charge in [0.05, 0.1) is 12.5 Å². The highest BCUT2D eigenvalue weighted by molar-refractivity contribution is 5.96. The molecule has 1 atom stereocenters. The smallest absolute Gasteiger partial charge is 0.305 e. The number of hydrogen-bond acceptors (Lipinski definition) is 6. The quantitative estimate of drug-likeness (QED) is 0.568. The Labute approximate surface area is 155 Å². The molecule has 1 heterocycles. The zero-order valence-corrected chi connectivity index (χ0v) is 14.3. The van der Waals surface area contributed by atoms with Gasteiger partial charge in [-0.3, -0.25) is 9.59 Å². The predicted octanol–water partition coefficient (Wildman–Crippen LogP) is 1.45. The van der Waals surface area contributed by atoms with E-state index in [0.717, 1.165) is 18.4 Å². The van der Waals surface area contributed by atoms with Crippen LogP contribution in [0.25, 0.3) is 11.3 Å². The van der Waals surface area contributed by atoms with Gasteiger partial charge in [-0.2, -0.15) is 0 Å². The number of carboxylic acids is 1. The molecule has 5 N–H and O–H groups in total. The maximum atomic E-state index is 12.0. The highest BCUT2D eigenvalue weighted by Gasteiger charge is 2.29. The van der Waals surface area contributed by atoms with Crippen LogP contribution >= 0.6 is 0 Å². The molecule has 8 nitrogen and oxygen atoms in total. The summed E-state index contributed by atoms with van der Waals surface area (Å²) in [5.74, 6) is 1.08. The lowest BCUT2D eigenvalue weighted by molar-refractivity contribution is -0.138. The first-order valence-corrected chi connectivity index (χ1v) is 8.35. The van der Waals surface area contributed by atoms with Crippen molar-refractivity contribution in [2.75, 3.05) is 5.32 Å². The number of carboxylic acid groups (broad SMARTS) is 1. The molecule has 27 heavy (non-hydrogen) atoms. The van der Waals surface area contributed by atoms with Gasteiger partial charge in [0.1, 0.15) is 11.4 Å². The summed E-state index contributed by atoms with van der Waals surface area (Å²) >= 11 is 0. The zero-order valence-electron chi connectivity index (χ0n) is 14.3. The Morgan fingerprint density at radius 2 is 2.07 bits per heavy atom. The van der Waals surface area contributed by atoms with Gasteiger partial charge >= 0.3 is 5.97 Å². The fraction of sp³-hybridized carbons (Fsp3) is 0.263. The van der Waals surface area contributed by atoms with Gasteiger partial charge in [-0.05, 0) is 48.6 Å². The van der Waals surface area contributed by atoms with E-state index >= 15 is 0 Å². The van der Waals surface area contributed by atoms with Gasteiger partial charge < -0.3 is 21.3 Å². The summed E-state index contributed by atoms with van der Waals surface area (Å²) in [6, 6.07) is 5.36. The zero-order chi connectivity index (χ0) is 19.6. The van der Waals surface area contributed by atoms with Gasteiger partial charge in [-0.1, -0.05) is 5.92 Å². The lowest BCUT2D eigenvalue weighted by Crippen LogP contribution is -2.37. The first kappa shape index (κ1) is 18.4. The number of nitrogens with zero attached hydrogens (tertiary/aromatic N) is 2. The maximum Gasteiger partial charge on any atom is 0.305 e. The number of terminal acetylenes is 1. The van der Waals surface area contributed by atoms with Crippen LogP contribution < -0.4 is 11.1 Å². The first-order chi connectivity index (χ1) is 12.9. The summed E-state index contributed by atoms with van der Waals surface area (Å²) in [7, 11) is 0. The highest BCUT2D eigenvalue weighted by atomic mass is 16.4. The SMILES string of the molecule is C#Cc1ccc(-c2nnc(NC(=O)[C@H](N)CC(=O)O)cc2C2CC2)c(O)c1. The molecule has 0 spiro atoms. The fourth-order valence-corrected chi connectivity index (χ4v) is 2.70. The van der Waals surface area contributed by atoms with E-state index in [1.807, 2.05) is 0 Å². The van der Waals surface area contributed by atoms with Gasteiger partial charge in [0.15, 0.2) is 5.82 Å². The third-order valence-electron chi connectivity index (χ3n) is 4.24. The number of carbonyl (C=O) groups is 2. The average Bonchev–Trinajstić information content (AvgIpc) is 3.46. The van der Waals surface area contributed by atoms with Crippen molar-refractivity contribution in [3.63, 3.8) is 0 Å². The van der Waals surface area contributed by atoms with Crippen LogP contribution in [0.2, 0.25) is 0 Å². The summed E-state index contributed by atoms with van der Waals surface area (Å²) in [6.45, 7) is 0. The summed E-state index contributed by atoms with van der Waals surface area (Å²) in [4.78, 5) is 22.7. The number of benzene rings is 1. The fourth-order valence-electron chi connectivity index (χ4n) is 2.70. The Hall–Kier alpha value is -3.44. The Morgan fingerprint density at radius 1 is 1.33 bits per heavy atom. The van der Waals surface area contributed by atoms with Gasteiger partial charge in [0.2, 0.25) is 5.91 Å². The number of amides is 1. The third kappa shape index (κ3) is 4.22. The summed E-state index contributed by atoms with van der Waals surface area (Å²) in [5.41, 5.74) is 7.97. The van der Waals surface area contributed by atoms with Crippen LogP contribution in [-0.2, 0) is 9.59 Å². The van der Waals surface area contributed by atoms with Crippen molar-refractivity contribution in [2.24, 2.45) is 5.73 Å². The molecule has 2 aromatic rings. The molecule has 0 saturated heterocycles. The van der Waals surface area contributed by atoms with Crippen molar-refractivity contribution in [2.45, 2.75) is 31.2 Å². The number of anilines is 1. The maximum absolute atomic E-state index is 12.0. The number of rotatable bonds is 6. The summed E-state index contributed by atoms with van der Waals surface area (Å²) < 4.78 is 0. The van der Waals surface area contributed by atoms with Crippen LogP contribution in [0, 0.1) is 12.3 Å². The van der Waals surface area contributed by atoms with Crippen molar-refractivity contribution < 1.29 is 19.8 Å². The van der Waals surface area contributed by atoms with E-state index in [1.165, 1.54) is 6.07 Å². The number of phenols is 1. The van der Waals surface area contributed by atoms with Crippen molar-refractivity contribution in [3.8, 4) is 29.4 Å². The molecular formula is C19H18N4O4. The molecule has 1 aliphatic carbocycles. The van der Waals surface area contributed by atoms with Gasteiger partial charge in [-0.25, -0.2) is 0 Å². The minimum Gasteiger partial charge on any atom is -0.507 e.